The molecule has 23 heavy (non-hydrogen) atoms. The lowest BCUT2D eigenvalue weighted by molar-refractivity contribution is 0.599. The maximum Gasteiger partial charge on any atom is -0.0238 e. The van der Waals surface area contributed by atoms with Crippen LogP contribution in [0, 0.1) is 6.92 Å². The van der Waals surface area contributed by atoms with Crippen LogP contribution in [0.1, 0.15) is 108 Å². The highest BCUT2D eigenvalue weighted by molar-refractivity contribution is 5.33. The molecule has 1 aromatic rings. The molecule has 0 nitrogen and oxygen atoms in total. The number of aryl methyl sites for hydroxylation is 2. The van der Waals surface area contributed by atoms with Crippen molar-refractivity contribution >= 4 is 0 Å². The zero-order valence-electron chi connectivity index (χ0n) is 15.8. The summed E-state index contributed by atoms with van der Waals surface area (Å²) in [5.41, 5.74) is 4.33. The Bertz CT molecular complexity index is 391. The third-order valence-corrected chi connectivity index (χ3v) is 4.87. The molecule has 1 rings (SSSR count). The minimum atomic E-state index is 1.18. The third-order valence-electron chi connectivity index (χ3n) is 4.87. The Balaban J connectivity index is 2.31. The molecule has 0 aliphatic heterocycles. The Morgan fingerprint density at radius 2 is 1.09 bits per heavy atom. The van der Waals surface area contributed by atoms with Crippen molar-refractivity contribution in [3.05, 3.63) is 41.8 Å². The minimum absolute atomic E-state index is 1.18. The molecule has 0 atom stereocenters. The lowest BCUT2D eigenvalue weighted by atomic mass is 9.95. The standard InChI is InChI=1S/C23H39/c1-4-6-8-10-12-14-16-22-19-18-21(3)20-23(22)17-15-13-11-9-7-5-2/h18-20H,3-17H2,1-2H3. The van der Waals surface area contributed by atoms with Crippen molar-refractivity contribution < 1.29 is 0 Å². The third kappa shape index (κ3) is 9.84. The Labute approximate surface area is 146 Å². The average Bonchev–Trinajstić information content (AvgIpc) is 2.55. The summed E-state index contributed by atoms with van der Waals surface area (Å²) in [5.74, 6) is 0. The van der Waals surface area contributed by atoms with E-state index in [9.17, 15) is 0 Å². The quantitative estimate of drug-likeness (QED) is 0.309. The fraction of sp³-hybridized carbons (Fsp3) is 0.696. The summed E-state index contributed by atoms with van der Waals surface area (Å²) in [6.45, 7) is 8.69. The largest absolute Gasteiger partial charge is 0.0654 e. The van der Waals surface area contributed by atoms with Gasteiger partial charge in [-0.1, -0.05) is 96.3 Å². The van der Waals surface area contributed by atoms with E-state index in [-0.39, 0.29) is 0 Å². The van der Waals surface area contributed by atoms with E-state index in [2.05, 4.69) is 39.0 Å². The SMILES string of the molecule is [CH2]c1ccc(CCCCCCCC)c(CCCCCCCC)c1. The Hall–Kier alpha value is -0.780. The van der Waals surface area contributed by atoms with Crippen LogP contribution in [0.3, 0.4) is 0 Å². The first kappa shape index (κ1) is 20.3. The van der Waals surface area contributed by atoms with E-state index in [4.69, 9.17) is 0 Å². The molecule has 0 heterocycles. The molecule has 0 aromatic heterocycles. The highest BCUT2D eigenvalue weighted by Crippen LogP contribution is 2.19. The van der Waals surface area contributed by atoms with Gasteiger partial charge >= 0.3 is 0 Å². The topological polar surface area (TPSA) is 0 Å². The molecule has 1 aromatic carbocycles. The van der Waals surface area contributed by atoms with Crippen LogP contribution in [-0.4, -0.2) is 0 Å². The van der Waals surface area contributed by atoms with Gasteiger partial charge in [0.1, 0.15) is 0 Å². The predicted octanol–water partition coefficient (Wildman–Crippen LogP) is 7.67. The summed E-state index contributed by atoms with van der Waals surface area (Å²) < 4.78 is 0. The monoisotopic (exact) mass is 315 g/mol. The number of hydrogen-bond donors (Lipinski definition) is 0. The van der Waals surface area contributed by atoms with Gasteiger partial charge in [0.25, 0.3) is 0 Å². The van der Waals surface area contributed by atoms with Gasteiger partial charge in [-0.15, -0.1) is 0 Å². The van der Waals surface area contributed by atoms with Crippen molar-refractivity contribution in [3.63, 3.8) is 0 Å². The van der Waals surface area contributed by atoms with Crippen LogP contribution in [0.25, 0.3) is 0 Å². The van der Waals surface area contributed by atoms with Crippen molar-refractivity contribution in [2.24, 2.45) is 0 Å². The summed E-state index contributed by atoms with van der Waals surface area (Å²) in [5, 5.41) is 0. The van der Waals surface area contributed by atoms with Gasteiger partial charge in [-0.3, -0.25) is 0 Å². The van der Waals surface area contributed by atoms with E-state index in [0.29, 0.717) is 0 Å². The van der Waals surface area contributed by atoms with E-state index >= 15 is 0 Å². The van der Waals surface area contributed by atoms with Gasteiger partial charge in [-0.25, -0.2) is 0 Å². The molecule has 0 saturated heterocycles. The first-order chi connectivity index (χ1) is 11.3. The molecule has 131 valence electrons. The lowest BCUT2D eigenvalue weighted by Crippen LogP contribution is -1.97. The van der Waals surface area contributed by atoms with E-state index in [0.717, 1.165) is 0 Å². The summed E-state index contributed by atoms with van der Waals surface area (Å²) in [6.07, 6.45) is 19.1. The summed E-state index contributed by atoms with van der Waals surface area (Å²) in [4.78, 5) is 0. The second kappa shape index (κ2) is 13.6. The average molecular weight is 316 g/mol. The fourth-order valence-corrected chi connectivity index (χ4v) is 3.35. The van der Waals surface area contributed by atoms with Gasteiger partial charge < -0.3 is 0 Å². The fourth-order valence-electron chi connectivity index (χ4n) is 3.35. The van der Waals surface area contributed by atoms with Gasteiger partial charge in [0, 0.05) is 0 Å². The zero-order valence-corrected chi connectivity index (χ0v) is 15.8. The zero-order chi connectivity index (χ0) is 16.8. The molecule has 0 aliphatic carbocycles. The normalized spacial score (nSPS) is 11.1. The molecule has 0 amide bonds. The number of unbranched alkanes of at least 4 members (excludes halogenated alkanes) is 10. The molecular weight excluding hydrogens is 276 g/mol. The van der Waals surface area contributed by atoms with Crippen molar-refractivity contribution in [2.45, 2.75) is 104 Å². The number of benzene rings is 1. The molecule has 0 unspecified atom stereocenters. The Kier molecular flexibility index (Phi) is 12.0. The van der Waals surface area contributed by atoms with Crippen molar-refractivity contribution in [3.8, 4) is 0 Å². The number of rotatable bonds is 14. The maximum absolute atomic E-state index is 4.12. The van der Waals surface area contributed by atoms with Crippen LogP contribution in [0.15, 0.2) is 18.2 Å². The molecular formula is C23H39. The first-order valence-corrected chi connectivity index (χ1v) is 10.2. The molecule has 0 aliphatic rings. The Morgan fingerprint density at radius 1 is 0.609 bits per heavy atom. The van der Waals surface area contributed by atoms with Crippen molar-refractivity contribution in [1.82, 2.24) is 0 Å². The van der Waals surface area contributed by atoms with Crippen LogP contribution >= 0.6 is 0 Å². The lowest BCUT2D eigenvalue weighted by Gasteiger charge is -2.11. The van der Waals surface area contributed by atoms with Gasteiger partial charge in [-0.05, 0) is 49.3 Å². The first-order valence-electron chi connectivity index (χ1n) is 10.2. The number of hydrogen-bond acceptors (Lipinski definition) is 0. The van der Waals surface area contributed by atoms with Gasteiger partial charge in [0.15, 0.2) is 0 Å². The molecule has 0 spiro atoms. The van der Waals surface area contributed by atoms with Crippen LogP contribution < -0.4 is 0 Å². The highest BCUT2D eigenvalue weighted by atomic mass is 14.1. The summed E-state index contributed by atoms with van der Waals surface area (Å²) in [6, 6.07) is 6.86. The van der Waals surface area contributed by atoms with E-state index in [1.807, 2.05) is 0 Å². The van der Waals surface area contributed by atoms with Gasteiger partial charge in [0.2, 0.25) is 0 Å². The molecule has 0 saturated carbocycles. The molecule has 0 bridgehead atoms. The maximum atomic E-state index is 4.12. The van der Waals surface area contributed by atoms with Crippen LogP contribution in [0.2, 0.25) is 0 Å². The van der Waals surface area contributed by atoms with E-state index in [1.165, 1.54) is 95.5 Å². The van der Waals surface area contributed by atoms with E-state index < -0.39 is 0 Å². The summed E-state index contributed by atoms with van der Waals surface area (Å²) >= 11 is 0. The van der Waals surface area contributed by atoms with Crippen LogP contribution in [0.4, 0.5) is 0 Å². The molecule has 0 heteroatoms. The minimum Gasteiger partial charge on any atom is -0.0654 e. The molecule has 0 N–H and O–H groups in total. The molecule has 0 fully saturated rings. The van der Waals surface area contributed by atoms with Crippen LogP contribution in [-0.2, 0) is 12.8 Å². The molecule has 1 radical (unpaired) electrons. The second-order valence-corrected chi connectivity index (χ2v) is 7.14. The van der Waals surface area contributed by atoms with Crippen molar-refractivity contribution in [2.75, 3.05) is 0 Å². The smallest absolute Gasteiger partial charge is 0.0238 e. The Morgan fingerprint density at radius 3 is 1.65 bits per heavy atom. The van der Waals surface area contributed by atoms with Gasteiger partial charge in [0.05, 0.1) is 0 Å². The van der Waals surface area contributed by atoms with E-state index in [1.54, 1.807) is 11.1 Å². The highest BCUT2D eigenvalue weighted by Gasteiger charge is 2.03. The van der Waals surface area contributed by atoms with Gasteiger partial charge in [-0.2, -0.15) is 0 Å². The second-order valence-electron chi connectivity index (χ2n) is 7.14. The summed E-state index contributed by atoms with van der Waals surface area (Å²) in [7, 11) is 0. The van der Waals surface area contributed by atoms with Crippen molar-refractivity contribution in [1.29, 1.82) is 0 Å². The van der Waals surface area contributed by atoms with Crippen LogP contribution in [0.5, 0.6) is 0 Å². The predicted molar refractivity (Wildman–Crippen MR) is 105 cm³/mol.